The molecule has 0 aliphatic heterocycles. The fraction of sp³-hybridized carbons (Fsp3) is 0.400. The Hall–Kier alpha value is -1.12. The standard InChI is InChI=1S/C10H12F3NO3S/c1-7(15)6-14-18(16,17)9-4-2-3-8(5-9)10(11,12)13/h2-5,7,14-15H,6H2,1H3/t7-/m0/s1. The van der Waals surface area contributed by atoms with Gasteiger partial charge in [0.1, 0.15) is 0 Å². The molecule has 1 rings (SSSR count). The van der Waals surface area contributed by atoms with Crippen molar-refractivity contribution in [2.45, 2.75) is 24.1 Å². The van der Waals surface area contributed by atoms with Crippen molar-refractivity contribution < 1.29 is 26.7 Å². The molecule has 0 aliphatic rings. The summed E-state index contributed by atoms with van der Waals surface area (Å²) in [5.74, 6) is 0. The number of alkyl halides is 3. The van der Waals surface area contributed by atoms with E-state index < -0.39 is 32.8 Å². The van der Waals surface area contributed by atoms with E-state index in [-0.39, 0.29) is 6.54 Å². The van der Waals surface area contributed by atoms with Crippen LogP contribution in [0.2, 0.25) is 0 Å². The third-order valence-corrected chi connectivity index (χ3v) is 3.46. The molecule has 0 aromatic heterocycles. The molecule has 0 amide bonds. The molecule has 0 radical (unpaired) electrons. The van der Waals surface area contributed by atoms with Gasteiger partial charge >= 0.3 is 6.18 Å². The Morgan fingerprint density at radius 1 is 1.39 bits per heavy atom. The highest BCUT2D eigenvalue weighted by Crippen LogP contribution is 2.30. The van der Waals surface area contributed by atoms with Crippen LogP contribution in [0.1, 0.15) is 12.5 Å². The summed E-state index contributed by atoms with van der Waals surface area (Å²) >= 11 is 0. The quantitative estimate of drug-likeness (QED) is 0.877. The first-order chi connectivity index (χ1) is 8.13. The van der Waals surface area contributed by atoms with E-state index >= 15 is 0 Å². The molecule has 0 bridgehead atoms. The van der Waals surface area contributed by atoms with Gasteiger partial charge in [-0.1, -0.05) is 6.07 Å². The Morgan fingerprint density at radius 2 is 2.00 bits per heavy atom. The zero-order chi connectivity index (χ0) is 14.0. The molecule has 2 N–H and O–H groups in total. The first kappa shape index (κ1) is 14.9. The zero-order valence-electron chi connectivity index (χ0n) is 9.40. The largest absolute Gasteiger partial charge is 0.416 e. The SMILES string of the molecule is C[C@H](O)CNS(=O)(=O)c1cccc(C(F)(F)F)c1. The van der Waals surface area contributed by atoms with Crippen LogP contribution >= 0.6 is 0 Å². The number of aliphatic hydroxyl groups is 1. The van der Waals surface area contributed by atoms with E-state index in [0.717, 1.165) is 18.2 Å². The summed E-state index contributed by atoms with van der Waals surface area (Å²) in [5.41, 5.74) is -1.04. The molecule has 0 aliphatic carbocycles. The zero-order valence-corrected chi connectivity index (χ0v) is 10.2. The van der Waals surface area contributed by atoms with Crippen molar-refractivity contribution in [1.82, 2.24) is 4.72 Å². The minimum atomic E-state index is -4.60. The van der Waals surface area contributed by atoms with Crippen molar-refractivity contribution in [2.75, 3.05) is 6.54 Å². The molecule has 0 unspecified atom stereocenters. The molecule has 0 spiro atoms. The van der Waals surface area contributed by atoms with Gasteiger partial charge in [0, 0.05) is 6.54 Å². The van der Waals surface area contributed by atoms with Crippen LogP contribution in [0.5, 0.6) is 0 Å². The Labute approximate surface area is 102 Å². The average Bonchev–Trinajstić information content (AvgIpc) is 2.26. The number of halogens is 3. The van der Waals surface area contributed by atoms with Gasteiger partial charge in [0.15, 0.2) is 0 Å². The van der Waals surface area contributed by atoms with E-state index in [1.165, 1.54) is 6.92 Å². The summed E-state index contributed by atoms with van der Waals surface area (Å²) in [6.45, 7) is 1.09. The van der Waals surface area contributed by atoms with Gasteiger partial charge in [-0.15, -0.1) is 0 Å². The summed E-state index contributed by atoms with van der Waals surface area (Å²) in [4.78, 5) is -0.488. The van der Waals surface area contributed by atoms with E-state index in [2.05, 4.69) is 0 Å². The Morgan fingerprint density at radius 3 is 2.50 bits per heavy atom. The maximum absolute atomic E-state index is 12.4. The number of rotatable bonds is 4. The second kappa shape index (κ2) is 5.25. The second-order valence-corrected chi connectivity index (χ2v) is 5.49. The van der Waals surface area contributed by atoms with Gasteiger partial charge in [-0.2, -0.15) is 13.2 Å². The van der Waals surface area contributed by atoms with Gasteiger partial charge in [0.2, 0.25) is 10.0 Å². The highest BCUT2D eigenvalue weighted by atomic mass is 32.2. The van der Waals surface area contributed by atoms with Gasteiger partial charge < -0.3 is 5.11 Å². The molecule has 0 fully saturated rings. The van der Waals surface area contributed by atoms with E-state index in [9.17, 15) is 21.6 Å². The Kier molecular flexibility index (Phi) is 4.36. The summed E-state index contributed by atoms with van der Waals surface area (Å²) in [6, 6.07) is 3.40. The minimum Gasteiger partial charge on any atom is -0.392 e. The number of sulfonamides is 1. The third-order valence-electron chi connectivity index (χ3n) is 2.04. The highest BCUT2D eigenvalue weighted by Gasteiger charge is 2.31. The van der Waals surface area contributed by atoms with Crippen LogP contribution in [0, 0.1) is 0 Å². The topological polar surface area (TPSA) is 66.4 Å². The van der Waals surface area contributed by atoms with E-state index in [4.69, 9.17) is 5.11 Å². The molecule has 8 heteroatoms. The molecule has 1 aromatic rings. The number of nitrogens with one attached hydrogen (secondary N) is 1. The van der Waals surface area contributed by atoms with Gasteiger partial charge in [0.25, 0.3) is 0 Å². The smallest absolute Gasteiger partial charge is 0.392 e. The maximum atomic E-state index is 12.4. The fourth-order valence-corrected chi connectivity index (χ4v) is 2.32. The van der Waals surface area contributed by atoms with Crippen molar-refractivity contribution in [3.8, 4) is 0 Å². The van der Waals surface area contributed by atoms with E-state index in [1.54, 1.807) is 0 Å². The van der Waals surface area contributed by atoms with E-state index in [1.807, 2.05) is 4.72 Å². The van der Waals surface area contributed by atoms with Crippen molar-refractivity contribution in [3.05, 3.63) is 29.8 Å². The second-order valence-electron chi connectivity index (χ2n) is 3.73. The third kappa shape index (κ3) is 3.97. The molecule has 0 saturated carbocycles. The normalized spacial score (nSPS) is 14.5. The summed E-state index contributed by atoms with van der Waals surface area (Å²) in [6.07, 6.45) is -5.53. The van der Waals surface area contributed by atoms with Gasteiger partial charge in [-0.05, 0) is 25.1 Å². The predicted molar refractivity (Wildman–Crippen MR) is 58.3 cm³/mol. The molecule has 102 valence electrons. The van der Waals surface area contributed by atoms with Crippen LogP contribution in [-0.2, 0) is 16.2 Å². The molecule has 0 heterocycles. The first-order valence-electron chi connectivity index (χ1n) is 4.98. The Bertz CT molecular complexity index is 511. The van der Waals surface area contributed by atoms with E-state index in [0.29, 0.717) is 6.07 Å². The Balaban J connectivity index is 3.03. The first-order valence-corrected chi connectivity index (χ1v) is 6.46. The van der Waals surface area contributed by atoms with Crippen molar-refractivity contribution in [1.29, 1.82) is 0 Å². The molecule has 4 nitrogen and oxygen atoms in total. The number of hydrogen-bond acceptors (Lipinski definition) is 3. The number of aliphatic hydroxyl groups excluding tert-OH is 1. The summed E-state index contributed by atoms with van der Waals surface area (Å²) in [5, 5.41) is 8.94. The molecule has 1 aromatic carbocycles. The lowest BCUT2D eigenvalue weighted by atomic mass is 10.2. The van der Waals surface area contributed by atoms with Crippen LogP contribution in [0.4, 0.5) is 13.2 Å². The van der Waals surface area contributed by atoms with Crippen LogP contribution in [0.25, 0.3) is 0 Å². The molecule has 0 saturated heterocycles. The predicted octanol–water partition coefficient (Wildman–Crippen LogP) is 1.36. The van der Waals surface area contributed by atoms with Crippen molar-refractivity contribution >= 4 is 10.0 Å². The van der Waals surface area contributed by atoms with Crippen molar-refractivity contribution in [3.63, 3.8) is 0 Å². The minimum absolute atomic E-state index is 0.265. The number of hydrogen-bond donors (Lipinski definition) is 2. The van der Waals surface area contributed by atoms with Crippen LogP contribution in [0.3, 0.4) is 0 Å². The van der Waals surface area contributed by atoms with Gasteiger partial charge in [0.05, 0.1) is 16.6 Å². The maximum Gasteiger partial charge on any atom is 0.416 e. The molecule has 1 atom stereocenters. The molecule has 18 heavy (non-hydrogen) atoms. The summed E-state index contributed by atoms with van der Waals surface area (Å²) < 4.78 is 62.5. The monoisotopic (exact) mass is 283 g/mol. The lowest BCUT2D eigenvalue weighted by Gasteiger charge is -2.11. The van der Waals surface area contributed by atoms with Crippen LogP contribution < -0.4 is 4.72 Å². The summed E-state index contributed by atoms with van der Waals surface area (Å²) in [7, 11) is -4.05. The van der Waals surface area contributed by atoms with Gasteiger partial charge in [-0.25, -0.2) is 13.1 Å². The molecular formula is C10H12F3NO3S. The van der Waals surface area contributed by atoms with Crippen molar-refractivity contribution in [2.24, 2.45) is 0 Å². The lowest BCUT2D eigenvalue weighted by Crippen LogP contribution is -2.30. The highest BCUT2D eigenvalue weighted by molar-refractivity contribution is 7.89. The van der Waals surface area contributed by atoms with Crippen LogP contribution in [-0.4, -0.2) is 26.2 Å². The lowest BCUT2D eigenvalue weighted by molar-refractivity contribution is -0.137. The average molecular weight is 283 g/mol. The number of benzene rings is 1. The van der Waals surface area contributed by atoms with Gasteiger partial charge in [-0.3, -0.25) is 0 Å². The van der Waals surface area contributed by atoms with Crippen LogP contribution in [0.15, 0.2) is 29.2 Å². The fourth-order valence-electron chi connectivity index (χ4n) is 1.15. The molecular weight excluding hydrogens is 271 g/mol.